The van der Waals surface area contributed by atoms with Gasteiger partial charge in [0.05, 0.1) is 6.10 Å². The van der Waals surface area contributed by atoms with Crippen LogP contribution in [0.25, 0.3) is 0 Å². The van der Waals surface area contributed by atoms with Gasteiger partial charge in [0, 0.05) is 24.4 Å². The molecule has 0 bridgehead atoms. The van der Waals surface area contributed by atoms with Crippen molar-refractivity contribution >= 4 is 5.91 Å². The first-order chi connectivity index (χ1) is 9.84. The van der Waals surface area contributed by atoms with E-state index in [4.69, 9.17) is 4.74 Å². The third-order valence-electron chi connectivity index (χ3n) is 4.29. The number of amides is 1. The summed E-state index contributed by atoms with van der Waals surface area (Å²) in [5.74, 6) is -0.0569. The third kappa shape index (κ3) is 3.03. The van der Waals surface area contributed by atoms with E-state index in [0.29, 0.717) is 12.2 Å². The van der Waals surface area contributed by atoms with Crippen molar-refractivity contribution < 1.29 is 9.53 Å². The molecule has 110 valence electrons. The lowest BCUT2D eigenvalue weighted by atomic mass is 9.97. The van der Waals surface area contributed by atoms with Crippen LogP contribution in [0.2, 0.25) is 0 Å². The van der Waals surface area contributed by atoms with Crippen molar-refractivity contribution in [3.63, 3.8) is 0 Å². The summed E-state index contributed by atoms with van der Waals surface area (Å²) in [6.45, 7) is 1.42. The van der Waals surface area contributed by atoms with Crippen LogP contribution in [0, 0.1) is 0 Å². The van der Waals surface area contributed by atoms with Gasteiger partial charge in [-0.15, -0.1) is 0 Å². The Labute approximate surface area is 119 Å². The highest BCUT2D eigenvalue weighted by atomic mass is 16.5. The van der Waals surface area contributed by atoms with Crippen LogP contribution in [0.5, 0.6) is 0 Å². The number of nitrogens with zero attached hydrogens (tertiary/aromatic N) is 1. The zero-order chi connectivity index (χ0) is 13.8. The Balaban J connectivity index is 1.64. The van der Waals surface area contributed by atoms with E-state index in [1.165, 1.54) is 19.3 Å². The Morgan fingerprint density at radius 3 is 2.90 bits per heavy atom. The molecular formula is C15H23N3O2. The van der Waals surface area contributed by atoms with Crippen molar-refractivity contribution in [2.24, 2.45) is 0 Å². The lowest BCUT2D eigenvalue weighted by molar-refractivity contribution is 0.0853. The molecule has 1 aliphatic carbocycles. The van der Waals surface area contributed by atoms with Crippen LogP contribution in [0.1, 0.15) is 60.3 Å². The van der Waals surface area contributed by atoms with E-state index in [-0.39, 0.29) is 12.0 Å². The molecule has 2 N–H and O–H groups in total. The fourth-order valence-corrected chi connectivity index (χ4v) is 3.12. The molecule has 0 spiro atoms. The molecule has 20 heavy (non-hydrogen) atoms. The second-order valence-corrected chi connectivity index (χ2v) is 5.79. The van der Waals surface area contributed by atoms with E-state index in [1.807, 2.05) is 0 Å². The van der Waals surface area contributed by atoms with Gasteiger partial charge in [0.15, 0.2) is 5.69 Å². The van der Waals surface area contributed by atoms with Crippen molar-refractivity contribution in [2.45, 2.75) is 57.5 Å². The summed E-state index contributed by atoms with van der Waals surface area (Å²) in [7, 11) is 0. The van der Waals surface area contributed by atoms with Gasteiger partial charge >= 0.3 is 0 Å². The molecular weight excluding hydrogens is 254 g/mol. The van der Waals surface area contributed by atoms with E-state index in [9.17, 15) is 4.79 Å². The van der Waals surface area contributed by atoms with Gasteiger partial charge < -0.3 is 10.1 Å². The zero-order valence-corrected chi connectivity index (χ0v) is 11.9. The Morgan fingerprint density at radius 2 is 2.10 bits per heavy atom. The van der Waals surface area contributed by atoms with E-state index in [1.54, 1.807) is 0 Å². The summed E-state index contributed by atoms with van der Waals surface area (Å²) < 4.78 is 5.53. The van der Waals surface area contributed by atoms with Gasteiger partial charge in [-0.05, 0) is 38.5 Å². The highest BCUT2D eigenvalue weighted by molar-refractivity contribution is 5.94. The van der Waals surface area contributed by atoms with Crippen molar-refractivity contribution in [2.75, 3.05) is 13.2 Å². The minimum atomic E-state index is -0.0569. The fourth-order valence-electron chi connectivity index (χ4n) is 3.12. The lowest BCUT2D eigenvalue weighted by Crippen LogP contribution is -2.32. The second kappa shape index (κ2) is 6.39. The maximum Gasteiger partial charge on any atom is 0.272 e. The Bertz CT molecular complexity index is 464. The molecule has 0 unspecified atom stereocenters. The average molecular weight is 277 g/mol. The Hall–Kier alpha value is -1.36. The average Bonchev–Trinajstić information content (AvgIpc) is 3.05. The summed E-state index contributed by atoms with van der Waals surface area (Å²) in [4.78, 5) is 12.3. The number of nitrogens with one attached hydrogen (secondary N) is 2. The number of aryl methyl sites for hydroxylation is 1. The normalized spacial score (nSPS) is 22.9. The van der Waals surface area contributed by atoms with Crippen LogP contribution in [0.15, 0.2) is 0 Å². The molecule has 1 aliphatic heterocycles. The SMILES string of the molecule is O=C(NC[C@@H]1CCCO1)c1n[nH]c2c1CCCCCC2. The van der Waals surface area contributed by atoms with E-state index >= 15 is 0 Å². The summed E-state index contributed by atoms with van der Waals surface area (Å²) in [5, 5.41) is 10.3. The zero-order valence-electron chi connectivity index (χ0n) is 11.9. The van der Waals surface area contributed by atoms with Gasteiger partial charge in [0.25, 0.3) is 5.91 Å². The number of rotatable bonds is 3. The summed E-state index contributed by atoms with van der Waals surface area (Å²) >= 11 is 0. The highest BCUT2D eigenvalue weighted by Gasteiger charge is 2.22. The molecule has 0 aromatic carbocycles. The Morgan fingerprint density at radius 1 is 1.25 bits per heavy atom. The largest absolute Gasteiger partial charge is 0.376 e. The number of fused-ring (bicyclic) bond motifs is 1. The van der Waals surface area contributed by atoms with Gasteiger partial charge in [0.1, 0.15) is 0 Å². The summed E-state index contributed by atoms with van der Waals surface area (Å²) in [6.07, 6.45) is 9.16. The Kier molecular flexibility index (Phi) is 4.35. The highest BCUT2D eigenvalue weighted by Crippen LogP contribution is 2.21. The number of hydrogen-bond acceptors (Lipinski definition) is 3. The maximum absolute atomic E-state index is 12.3. The van der Waals surface area contributed by atoms with Crippen LogP contribution >= 0.6 is 0 Å². The molecule has 2 aliphatic rings. The van der Waals surface area contributed by atoms with Crippen LogP contribution in [-0.4, -0.2) is 35.4 Å². The number of aromatic amines is 1. The monoisotopic (exact) mass is 277 g/mol. The predicted octanol–water partition coefficient (Wildman–Crippen LogP) is 1.98. The van der Waals surface area contributed by atoms with Crippen LogP contribution in [0.4, 0.5) is 0 Å². The van der Waals surface area contributed by atoms with Gasteiger partial charge in [0.2, 0.25) is 0 Å². The first-order valence-corrected chi connectivity index (χ1v) is 7.80. The number of ether oxygens (including phenoxy) is 1. The van der Waals surface area contributed by atoms with E-state index in [2.05, 4.69) is 15.5 Å². The standard InChI is InChI=1S/C15H23N3O2/c19-15(16-10-11-6-5-9-20-11)14-12-7-3-1-2-4-8-13(12)17-18-14/h11H,1-10H2,(H,16,19)(H,17,18)/t11-/m0/s1. The number of carbonyl (C=O) groups is 1. The van der Waals surface area contributed by atoms with E-state index in [0.717, 1.165) is 50.0 Å². The molecule has 1 aromatic rings. The number of aromatic nitrogens is 2. The molecule has 1 fully saturated rings. The molecule has 1 saturated heterocycles. The van der Waals surface area contributed by atoms with Crippen LogP contribution in [-0.2, 0) is 17.6 Å². The maximum atomic E-state index is 12.3. The first-order valence-electron chi connectivity index (χ1n) is 7.80. The quantitative estimate of drug-likeness (QED) is 0.887. The summed E-state index contributed by atoms with van der Waals surface area (Å²) in [6, 6.07) is 0. The first kappa shape index (κ1) is 13.6. The molecule has 0 saturated carbocycles. The molecule has 5 heteroatoms. The number of H-pyrrole nitrogens is 1. The number of hydrogen-bond donors (Lipinski definition) is 2. The molecule has 5 nitrogen and oxygen atoms in total. The minimum Gasteiger partial charge on any atom is -0.376 e. The molecule has 1 aromatic heterocycles. The van der Waals surface area contributed by atoms with Gasteiger partial charge in [-0.3, -0.25) is 9.89 Å². The fraction of sp³-hybridized carbons (Fsp3) is 0.733. The topological polar surface area (TPSA) is 67.0 Å². The molecule has 1 atom stereocenters. The van der Waals surface area contributed by atoms with Crippen molar-refractivity contribution in [1.29, 1.82) is 0 Å². The van der Waals surface area contributed by atoms with Crippen molar-refractivity contribution in [3.8, 4) is 0 Å². The smallest absolute Gasteiger partial charge is 0.272 e. The minimum absolute atomic E-state index is 0.0569. The van der Waals surface area contributed by atoms with Crippen LogP contribution in [0.3, 0.4) is 0 Å². The van der Waals surface area contributed by atoms with Gasteiger partial charge in [-0.25, -0.2) is 0 Å². The molecule has 0 radical (unpaired) electrons. The lowest BCUT2D eigenvalue weighted by Gasteiger charge is -2.12. The molecule has 2 heterocycles. The molecule has 1 amide bonds. The third-order valence-corrected chi connectivity index (χ3v) is 4.29. The second-order valence-electron chi connectivity index (χ2n) is 5.79. The molecule has 3 rings (SSSR count). The van der Waals surface area contributed by atoms with Gasteiger partial charge in [-0.2, -0.15) is 5.10 Å². The van der Waals surface area contributed by atoms with Crippen molar-refractivity contribution in [1.82, 2.24) is 15.5 Å². The van der Waals surface area contributed by atoms with Crippen molar-refractivity contribution in [3.05, 3.63) is 17.0 Å². The van der Waals surface area contributed by atoms with E-state index < -0.39 is 0 Å². The summed E-state index contributed by atoms with van der Waals surface area (Å²) in [5.41, 5.74) is 2.89. The number of carbonyl (C=O) groups excluding carboxylic acids is 1. The predicted molar refractivity (Wildman–Crippen MR) is 75.8 cm³/mol. The van der Waals surface area contributed by atoms with Gasteiger partial charge in [-0.1, -0.05) is 12.8 Å². The van der Waals surface area contributed by atoms with Crippen LogP contribution < -0.4 is 5.32 Å².